The lowest BCUT2D eigenvalue weighted by atomic mass is 10.0. The zero-order chi connectivity index (χ0) is 19.1. The molecule has 3 aromatic heterocycles. The molecule has 28 heavy (non-hydrogen) atoms. The highest BCUT2D eigenvalue weighted by Crippen LogP contribution is 2.30. The molecule has 2 N–H and O–H groups in total. The van der Waals surface area contributed by atoms with Gasteiger partial charge in [-0.1, -0.05) is 5.21 Å². The van der Waals surface area contributed by atoms with Gasteiger partial charge in [-0.05, 0) is 18.4 Å². The number of nitrogens with zero attached hydrogens (tertiary/aromatic N) is 7. The number of fused-ring (bicyclic) bond motifs is 1. The second-order valence-electron chi connectivity index (χ2n) is 7.13. The Morgan fingerprint density at radius 1 is 1.21 bits per heavy atom. The highest BCUT2D eigenvalue weighted by molar-refractivity contribution is 6.00. The molecule has 2 saturated heterocycles. The normalized spacial score (nSPS) is 22.5. The number of aromatic nitrogens is 6. The smallest absolute Gasteiger partial charge is 0.321 e. The number of imide groups is 1. The molecule has 5 heterocycles. The molecule has 0 spiro atoms. The molecule has 2 aliphatic heterocycles. The second-order valence-corrected chi connectivity index (χ2v) is 7.13. The van der Waals surface area contributed by atoms with Gasteiger partial charge in [-0.25, -0.2) is 14.3 Å². The van der Waals surface area contributed by atoms with Crippen LogP contribution in [-0.2, 0) is 11.3 Å². The van der Waals surface area contributed by atoms with Crippen LogP contribution in [0.5, 0.6) is 0 Å². The van der Waals surface area contributed by atoms with Gasteiger partial charge in [-0.3, -0.25) is 14.8 Å². The van der Waals surface area contributed by atoms with Crippen LogP contribution in [0.25, 0.3) is 5.65 Å². The van der Waals surface area contributed by atoms with Crippen LogP contribution in [0.15, 0.2) is 30.9 Å². The molecule has 0 bridgehead atoms. The Kier molecular flexibility index (Phi) is 3.92. The molecule has 144 valence electrons. The van der Waals surface area contributed by atoms with E-state index < -0.39 is 11.9 Å². The van der Waals surface area contributed by atoms with Crippen molar-refractivity contribution in [3.05, 3.63) is 36.5 Å². The summed E-state index contributed by atoms with van der Waals surface area (Å²) in [6.45, 7) is 2.79. The molecule has 2 fully saturated rings. The van der Waals surface area contributed by atoms with E-state index >= 15 is 0 Å². The van der Waals surface area contributed by atoms with E-state index in [4.69, 9.17) is 0 Å². The van der Waals surface area contributed by atoms with Crippen LogP contribution in [0.1, 0.15) is 18.0 Å². The minimum atomic E-state index is -0.531. The van der Waals surface area contributed by atoms with E-state index in [9.17, 15) is 9.59 Å². The fourth-order valence-corrected chi connectivity index (χ4v) is 3.89. The Balaban J connectivity index is 1.43. The maximum Gasteiger partial charge on any atom is 0.321 e. The lowest BCUT2D eigenvalue weighted by Gasteiger charge is -2.24. The van der Waals surface area contributed by atoms with Gasteiger partial charge in [0.15, 0.2) is 5.65 Å². The zero-order valence-electron chi connectivity index (χ0n) is 15.0. The van der Waals surface area contributed by atoms with Gasteiger partial charge < -0.3 is 10.2 Å². The predicted molar refractivity (Wildman–Crippen MR) is 97.6 cm³/mol. The first-order valence-electron chi connectivity index (χ1n) is 9.19. The Labute approximate surface area is 159 Å². The van der Waals surface area contributed by atoms with Crippen molar-refractivity contribution in [3.63, 3.8) is 0 Å². The molecule has 0 saturated carbocycles. The molecule has 0 aliphatic carbocycles. The second kappa shape index (κ2) is 6.59. The topological polar surface area (TPSA) is 122 Å². The van der Waals surface area contributed by atoms with Gasteiger partial charge >= 0.3 is 6.03 Å². The van der Waals surface area contributed by atoms with E-state index in [1.807, 2.05) is 16.9 Å². The molecule has 0 aromatic carbocycles. The van der Waals surface area contributed by atoms with Crippen LogP contribution in [0, 0.1) is 5.92 Å². The Morgan fingerprint density at radius 2 is 2.14 bits per heavy atom. The van der Waals surface area contributed by atoms with Gasteiger partial charge in [0.1, 0.15) is 0 Å². The highest BCUT2D eigenvalue weighted by atomic mass is 16.2. The molecular weight excluding hydrogens is 362 g/mol. The van der Waals surface area contributed by atoms with E-state index in [0.29, 0.717) is 11.6 Å². The summed E-state index contributed by atoms with van der Waals surface area (Å²) in [6.07, 6.45) is 8.05. The van der Waals surface area contributed by atoms with Crippen molar-refractivity contribution < 1.29 is 9.59 Å². The van der Waals surface area contributed by atoms with Crippen molar-refractivity contribution in [2.75, 3.05) is 24.5 Å². The lowest BCUT2D eigenvalue weighted by molar-refractivity contribution is -0.122. The Bertz CT molecular complexity index is 1030. The minimum absolute atomic E-state index is 0.228. The molecular formula is C17H19N9O2. The molecule has 2 unspecified atom stereocenters. The van der Waals surface area contributed by atoms with Gasteiger partial charge in [-0.15, -0.1) is 5.10 Å². The average Bonchev–Trinajstić information content (AvgIpc) is 3.43. The number of amides is 3. The van der Waals surface area contributed by atoms with Crippen LogP contribution in [0.4, 0.5) is 10.5 Å². The summed E-state index contributed by atoms with van der Waals surface area (Å²) in [7, 11) is 0. The van der Waals surface area contributed by atoms with Gasteiger partial charge in [0.25, 0.3) is 0 Å². The number of hydrogen-bond donors (Lipinski definition) is 2. The first-order valence-corrected chi connectivity index (χ1v) is 9.19. The third kappa shape index (κ3) is 2.94. The standard InChI is InChI=1S/C17H19N9O2/c27-16-12(8-19-17(28)21-16)13-7-14(15-18-2-6-26(15)22-13)24-4-1-11(9-24)10-25-5-3-20-23-25/h2-3,5-7,11-12H,1,4,8-10H2,(H2,19,21,27,28). The van der Waals surface area contributed by atoms with Gasteiger partial charge in [0.2, 0.25) is 5.91 Å². The summed E-state index contributed by atoms with van der Waals surface area (Å²) in [5, 5.41) is 17.4. The zero-order valence-corrected chi connectivity index (χ0v) is 15.0. The maximum absolute atomic E-state index is 12.3. The Morgan fingerprint density at radius 3 is 2.96 bits per heavy atom. The highest BCUT2D eigenvalue weighted by Gasteiger charge is 2.31. The molecule has 5 rings (SSSR count). The first kappa shape index (κ1) is 16.7. The number of urea groups is 1. The molecule has 11 heteroatoms. The quantitative estimate of drug-likeness (QED) is 0.640. The predicted octanol–water partition coefficient (Wildman–Crippen LogP) is -0.230. The number of anilines is 1. The van der Waals surface area contributed by atoms with Crippen LogP contribution in [-0.4, -0.2) is 61.2 Å². The molecule has 3 amide bonds. The summed E-state index contributed by atoms with van der Waals surface area (Å²) in [5.74, 6) is -0.422. The fourth-order valence-electron chi connectivity index (χ4n) is 3.89. The van der Waals surface area contributed by atoms with Crippen LogP contribution in [0.3, 0.4) is 0 Å². The van der Waals surface area contributed by atoms with E-state index in [1.54, 1.807) is 23.1 Å². The van der Waals surface area contributed by atoms with Crippen molar-refractivity contribution in [3.8, 4) is 0 Å². The van der Waals surface area contributed by atoms with E-state index in [0.717, 1.165) is 37.4 Å². The molecule has 0 radical (unpaired) electrons. The average molecular weight is 381 g/mol. The van der Waals surface area contributed by atoms with Crippen molar-refractivity contribution in [2.24, 2.45) is 5.92 Å². The summed E-state index contributed by atoms with van der Waals surface area (Å²) in [5.41, 5.74) is 2.31. The van der Waals surface area contributed by atoms with Crippen LogP contribution in [0.2, 0.25) is 0 Å². The van der Waals surface area contributed by atoms with Gasteiger partial charge in [0, 0.05) is 44.8 Å². The number of nitrogens with one attached hydrogen (secondary N) is 2. The summed E-state index contributed by atoms with van der Waals surface area (Å²) < 4.78 is 3.55. The summed E-state index contributed by atoms with van der Waals surface area (Å²) >= 11 is 0. The fraction of sp³-hybridized carbons (Fsp3) is 0.412. The van der Waals surface area contributed by atoms with Crippen LogP contribution < -0.4 is 15.5 Å². The van der Waals surface area contributed by atoms with E-state index in [2.05, 4.69) is 35.9 Å². The molecule has 3 aromatic rings. The third-order valence-electron chi connectivity index (χ3n) is 5.28. The summed E-state index contributed by atoms with van der Waals surface area (Å²) in [6, 6.07) is 1.45. The van der Waals surface area contributed by atoms with Crippen molar-refractivity contribution >= 4 is 23.3 Å². The molecule has 2 aliphatic rings. The van der Waals surface area contributed by atoms with Crippen LogP contribution >= 0.6 is 0 Å². The monoisotopic (exact) mass is 381 g/mol. The minimum Gasteiger partial charge on any atom is -0.368 e. The number of rotatable bonds is 4. The van der Waals surface area contributed by atoms with E-state index in [-0.39, 0.29) is 12.5 Å². The van der Waals surface area contributed by atoms with Crippen molar-refractivity contribution in [1.29, 1.82) is 0 Å². The first-order chi connectivity index (χ1) is 13.7. The number of carbonyl (C=O) groups excluding carboxylic acids is 2. The van der Waals surface area contributed by atoms with Crippen molar-refractivity contribution in [1.82, 2.24) is 40.2 Å². The van der Waals surface area contributed by atoms with Gasteiger partial charge in [0.05, 0.1) is 23.5 Å². The third-order valence-corrected chi connectivity index (χ3v) is 5.28. The summed E-state index contributed by atoms with van der Waals surface area (Å²) in [4.78, 5) is 30.4. The van der Waals surface area contributed by atoms with E-state index in [1.165, 1.54) is 0 Å². The lowest BCUT2D eigenvalue weighted by Crippen LogP contribution is -2.51. The molecule has 11 nitrogen and oxygen atoms in total. The van der Waals surface area contributed by atoms with Gasteiger partial charge in [-0.2, -0.15) is 5.10 Å². The maximum atomic E-state index is 12.3. The largest absolute Gasteiger partial charge is 0.368 e. The SMILES string of the molecule is O=C1NCC(c2cc(N3CCC(Cn4ccnn4)C3)c3nccn3n2)C(=O)N1. The molecule has 2 atom stereocenters. The number of imidazole rings is 1. The Hall–Kier alpha value is -3.50. The number of hydrogen-bond acceptors (Lipinski definition) is 7. The number of carbonyl (C=O) groups is 2. The van der Waals surface area contributed by atoms with Crippen molar-refractivity contribution in [2.45, 2.75) is 18.9 Å².